The van der Waals surface area contributed by atoms with Crippen LogP contribution in [0.1, 0.15) is 27.0 Å². The van der Waals surface area contributed by atoms with Gasteiger partial charge in [-0.15, -0.1) is 0 Å². The summed E-state index contributed by atoms with van der Waals surface area (Å²) >= 11 is 0. The molecule has 132 valence electrons. The van der Waals surface area contributed by atoms with Crippen LogP contribution in [-0.4, -0.2) is 29.1 Å². The van der Waals surface area contributed by atoms with Gasteiger partial charge < -0.3 is 15.7 Å². The van der Waals surface area contributed by atoms with E-state index < -0.39 is 4.92 Å². The summed E-state index contributed by atoms with van der Waals surface area (Å²) in [6, 6.07) is 10.3. The van der Waals surface area contributed by atoms with Crippen molar-refractivity contribution >= 4 is 17.3 Å². The number of hydrogen-bond donors (Lipinski definition) is 3. The number of carbonyl (C=O) groups excluding carboxylic acids is 1. The van der Waals surface area contributed by atoms with E-state index in [9.17, 15) is 14.9 Å². The molecule has 1 amide bonds. The summed E-state index contributed by atoms with van der Waals surface area (Å²) < 4.78 is 0. The molecule has 0 radical (unpaired) electrons. The highest BCUT2D eigenvalue weighted by Gasteiger charge is 2.14. The van der Waals surface area contributed by atoms with Gasteiger partial charge in [-0.25, -0.2) is 0 Å². The van der Waals surface area contributed by atoms with Gasteiger partial charge in [0.15, 0.2) is 0 Å². The number of aliphatic hydroxyl groups excluding tert-OH is 1. The summed E-state index contributed by atoms with van der Waals surface area (Å²) in [5, 5.41) is 25.7. The summed E-state index contributed by atoms with van der Waals surface area (Å²) in [5.74, 6) is -0.248. The van der Waals surface area contributed by atoms with Crippen LogP contribution in [0.25, 0.3) is 0 Å². The number of hydrogen-bond acceptors (Lipinski definition) is 5. The van der Waals surface area contributed by atoms with Crippen molar-refractivity contribution in [3.8, 4) is 0 Å². The van der Waals surface area contributed by atoms with Crippen LogP contribution < -0.4 is 10.6 Å². The number of nitrogens with one attached hydrogen (secondary N) is 2. The second-order valence-corrected chi connectivity index (χ2v) is 5.63. The Morgan fingerprint density at radius 2 is 1.88 bits per heavy atom. The molecule has 2 rings (SSSR count). The normalized spacial score (nSPS) is 10.4. The zero-order chi connectivity index (χ0) is 18.4. The molecule has 25 heavy (non-hydrogen) atoms. The average Bonchev–Trinajstić information content (AvgIpc) is 2.59. The Morgan fingerprint density at radius 1 is 1.16 bits per heavy atom. The first-order chi connectivity index (χ1) is 12.0. The number of rotatable bonds is 7. The molecule has 0 aliphatic carbocycles. The largest absolute Gasteiger partial charge is 0.395 e. The van der Waals surface area contributed by atoms with Crippen molar-refractivity contribution in [2.45, 2.75) is 20.4 Å². The van der Waals surface area contributed by atoms with E-state index in [4.69, 9.17) is 5.11 Å². The highest BCUT2D eigenvalue weighted by atomic mass is 16.6. The average molecular weight is 343 g/mol. The molecule has 0 heterocycles. The van der Waals surface area contributed by atoms with E-state index in [0.717, 1.165) is 16.8 Å². The molecule has 2 aromatic carbocycles. The van der Waals surface area contributed by atoms with Gasteiger partial charge in [-0.05, 0) is 37.1 Å². The molecule has 0 spiro atoms. The molecule has 0 fully saturated rings. The van der Waals surface area contributed by atoms with Crippen LogP contribution >= 0.6 is 0 Å². The highest BCUT2D eigenvalue weighted by molar-refractivity contribution is 5.97. The predicted molar refractivity (Wildman–Crippen MR) is 95.8 cm³/mol. The Kier molecular flexibility index (Phi) is 6.08. The van der Waals surface area contributed by atoms with Crippen molar-refractivity contribution < 1.29 is 14.8 Å². The third kappa shape index (κ3) is 4.33. The van der Waals surface area contributed by atoms with Gasteiger partial charge in [-0.3, -0.25) is 14.9 Å². The lowest BCUT2D eigenvalue weighted by Crippen LogP contribution is -2.27. The van der Waals surface area contributed by atoms with Crippen molar-refractivity contribution in [3.05, 3.63) is 68.8 Å². The monoisotopic (exact) mass is 343 g/mol. The molecule has 0 bridgehead atoms. The minimum atomic E-state index is -0.393. The van der Waals surface area contributed by atoms with Gasteiger partial charge in [-0.2, -0.15) is 0 Å². The molecular weight excluding hydrogens is 322 g/mol. The lowest BCUT2D eigenvalue weighted by molar-refractivity contribution is -0.385. The van der Waals surface area contributed by atoms with E-state index in [1.165, 1.54) is 6.07 Å². The number of nitrogens with zero attached hydrogens (tertiary/aromatic N) is 1. The second kappa shape index (κ2) is 8.25. The molecule has 2 aromatic rings. The van der Waals surface area contributed by atoms with Crippen molar-refractivity contribution in [1.29, 1.82) is 0 Å². The zero-order valence-electron chi connectivity index (χ0n) is 14.2. The lowest BCUT2D eigenvalue weighted by atomic mass is 10.0. The summed E-state index contributed by atoms with van der Waals surface area (Å²) in [6.07, 6.45) is 0. The number of carbonyl (C=O) groups is 1. The van der Waals surface area contributed by atoms with Crippen molar-refractivity contribution in [1.82, 2.24) is 5.32 Å². The van der Waals surface area contributed by atoms with Gasteiger partial charge in [0, 0.05) is 36.0 Å². The molecule has 0 saturated heterocycles. The fraction of sp³-hybridized carbons (Fsp3) is 0.278. The van der Waals surface area contributed by atoms with Crippen LogP contribution in [0, 0.1) is 24.0 Å². The predicted octanol–water partition coefficient (Wildman–Crippen LogP) is 2.55. The van der Waals surface area contributed by atoms with Gasteiger partial charge in [0.1, 0.15) is 0 Å². The quantitative estimate of drug-likeness (QED) is 0.529. The van der Waals surface area contributed by atoms with Crippen LogP contribution in [0.4, 0.5) is 11.4 Å². The molecule has 0 aromatic heterocycles. The SMILES string of the molecule is Cc1c(NCc2cccc([N+](=O)[O-])c2C)cccc1C(=O)NCCO. The summed E-state index contributed by atoms with van der Waals surface area (Å²) in [6.45, 7) is 4.05. The number of benzene rings is 2. The highest BCUT2D eigenvalue weighted by Crippen LogP contribution is 2.24. The Morgan fingerprint density at radius 3 is 2.56 bits per heavy atom. The van der Waals surface area contributed by atoms with E-state index in [-0.39, 0.29) is 24.7 Å². The third-order valence-electron chi connectivity index (χ3n) is 4.06. The van der Waals surface area contributed by atoms with E-state index >= 15 is 0 Å². The van der Waals surface area contributed by atoms with Gasteiger partial charge in [0.2, 0.25) is 0 Å². The number of aliphatic hydroxyl groups is 1. The van der Waals surface area contributed by atoms with Crippen LogP contribution in [0.2, 0.25) is 0 Å². The summed E-state index contributed by atoms with van der Waals surface area (Å²) in [7, 11) is 0. The third-order valence-corrected chi connectivity index (χ3v) is 4.06. The van der Waals surface area contributed by atoms with Crippen molar-refractivity contribution in [3.63, 3.8) is 0 Å². The number of nitro benzene ring substituents is 1. The number of amides is 1. The maximum Gasteiger partial charge on any atom is 0.272 e. The zero-order valence-corrected chi connectivity index (χ0v) is 14.2. The Bertz CT molecular complexity index is 790. The van der Waals surface area contributed by atoms with E-state index in [1.807, 2.05) is 19.1 Å². The first-order valence-corrected chi connectivity index (χ1v) is 7.91. The molecule has 0 aliphatic heterocycles. The molecule has 0 aliphatic rings. The number of nitro groups is 1. The minimum Gasteiger partial charge on any atom is -0.395 e. The molecule has 0 saturated carbocycles. The maximum atomic E-state index is 12.1. The molecule has 7 heteroatoms. The Labute approximate surface area is 145 Å². The van der Waals surface area contributed by atoms with Crippen LogP contribution in [0.15, 0.2) is 36.4 Å². The standard InChI is InChI=1S/C18H21N3O4/c1-12-14(5-3-8-17(12)21(24)25)11-20-16-7-4-6-15(13(16)2)18(23)19-9-10-22/h3-8,20,22H,9-11H2,1-2H3,(H,19,23). The maximum absolute atomic E-state index is 12.1. The number of anilines is 1. The van der Waals surface area contributed by atoms with E-state index in [2.05, 4.69) is 10.6 Å². The van der Waals surface area contributed by atoms with Crippen LogP contribution in [0.5, 0.6) is 0 Å². The van der Waals surface area contributed by atoms with Crippen LogP contribution in [0.3, 0.4) is 0 Å². The van der Waals surface area contributed by atoms with Crippen LogP contribution in [-0.2, 0) is 6.54 Å². The van der Waals surface area contributed by atoms with E-state index in [1.54, 1.807) is 25.1 Å². The molecule has 7 nitrogen and oxygen atoms in total. The van der Waals surface area contributed by atoms with Gasteiger partial charge in [0.25, 0.3) is 11.6 Å². The Balaban J connectivity index is 2.18. The smallest absolute Gasteiger partial charge is 0.272 e. The molecular formula is C18H21N3O4. The Hall–Kier alpha value is -2.93. The first kappa shape index (κ1) is 18.4. The van der Waals surface area contributed by atoms with Gasteiger partial charge in [0.05, 0.1) is 11.5 Å². The molecule has 3 N–H and O–H groups in total. The fourth-order valence-corrected chi connectivity index (χ4v) is 2.59. The van der Waals surface area contributed by atoms with E-state index in [0.29, 0.717) is 17.7 Å². The molecule has 0 unspecified atom stereocenters. The topological polar surface area (TPSA) is 105 Å². The molecule has 0 atom stereocenters. The first-order valence-electron chi connectivity index (χ1n) is 7.91. The summed E-state index contributed by atoms with van der Waals surface area (Å²) in [4.78, 5) is 22.7. The van der Waals surface area contributed by atoms with Crippen molar-refractivity contribution in [2.75, 3.05) is 18.5 Å². The van der Waals surface area contributed by atoms with Gasteiger partial charge >= 0.3 is 0 Å². The summed E-state index contributed by atoms with van der Waals surface area (Å²) in [5.41, 5.74) is 3.61. The lowest BCUT2D eigenvalue weighted by Gasteiger charge is -2.14. The van der Waals surface area contributed by atoms with Crippen molar-refractivity contribution in [2.24, 2.45) is 0 Å². The second-order valence-electron chi connectivity index (χ2n) is 5.63. The fourth-order valence-electron chi connectivity index (χ4n) is 2.59. The minimum absolute atomic E-state index is 0.0909. The van der Waals surface area contributed by atoms with Gasteiger partial charge in [-0.1, -0.05) is 18.2 Å².